The van der Waals surface area contributed by atoms with Gasteiger partial charge in [0.25, 0.3) is 0 Å². The summed E-state index contributed by atoms with van der Waals surface area (Å²) >= 11 is 0. The average molecular weight is 360 g/mol. The van der Waals surface area contributed by atoms with Crippen molar-refractivity contribution in [3.8, 4) is 28.5 Å². The zero-order valence-electron chi connectivity index (χ0n) is 14.4. The second kappa shape index (κ2) is 6.32. The normalized spacial score (nSPS) is 14.4. The molecule has 0 bridgehead atoms. The minimum Gasteiger partial charge on any atom is -0.493 e. The number of aromatic amines is 1. The lowest BCUT2D eigenvalue weighted by Crippen LogP contribution is -1.95. The van der Waals surface area contributed by atoms with Gasteiger partial charge in [0.2, 0.25) is 6.79 Å². The Labute approximate surface area is 155 Å². The van der Waals surface area contributed by atoms with Crippen LogP contribution in [0.15, 0.2) is 48.5 Å². The third kappa shape index (κ3) is 2.95. The second-order valence-electron chi connectivity index (χ2n) is 6.40. The number of carbonyl (C=O) groups excluding carboxylic acids is 1. The first kappa shape index (κ1) is 15.7. The molecule has 0 saturated carbocycles. The zero-order chi connectivity index (χ0) is 18.2. The highest BCUT2D eigenvalue weighted by atomic mass is 16.7. The van der Waals surface area contributed by atoms with Crippen molar-refractivity contribution in [1.29, 1.82) is 0 Å². The molecule has 6 heteroatoms. The topological polar surface area (TPSA) is 73.4 Å². The van der Waals surface area contributed by atoms with Crippen LogP contribution in [0.5, 0.6) is 17.2 Å². The van der Waals surface area contributed by atoms with Crippen molar-refractivity contribution in [3.05, 3.63) is 65.4 Å². The van der Waals surface area contributed by atoms with E-state index in [1.165, 1.54) is 0 Å². The Morgan fingerprint density at radius 1 is 1.00 bits per heavy atom. The number of H-pyrrole nitrogens is 1. The van der Waals surface area contributed by atoms with Crippen LogP contribution >= 0.6 is 0 Å². The van der Waals surface area contributed by atoms with Gasteiger partial charge in [-0.3, -0.25) is 9.89 Å². The maximum Gasteiger partial charge on any atom is 0.231 e. The van der Waals surface area contributed by atoms with E-state index in [-0.39, 0.29) is 12.6 Å². The highest BCUT2D eigenvalue weighted by Gasteiger charge is 2.15. The van der Waals surface area contributed by atoms with Crippen LogP contribution in [0.3, 0.4) is 0 Å². The number of nitrogens with one attached hydrogen (secondary N) is 1. The van der Waals surface area contributed by atoms with E-state index in [9.17, 15) is 4.79 Å². The van der Waals surface area contributed by atoms with Crippen molar-refractivity contribution >= 4 is 11.9 Å². The molecule has 134 valence electrons. The lowest BCUT2D eigenvalue weighted by Gasteiger charge is -2.00. The number of fused-ring (bicyclic) bond motifs is 2. The number of carbonyl (C=O) groups is 1. The van der Waals surface area contributed by atoms with E-state index in [1.807, 2.05) is 36.4 Å². The first-order valence-electron chi connectivity index (χ1n) is 8.70. The molecule has 2 aromatic carbocycles. The first-order valence-corrected chi connectivity index (χ1v) is 8.70. The van der Waals surface area contributed by atoms with E-state index in [0.29, 0.717) is 17.9 Å². The Hall–Kier alpha value is -3.54. The fourth-order valence-corrected chi connectivity index (χ4v) is 3.23. The van der Waals surface area contributed by atoms with E-state index in [1.54, 1.807) is 18.2 Å². The predicted molar refractivity (Wildman–Crippen MR) is 99.2 cm³/mol. The molecule has 3 aromatic rings. The van der Waals surface area contributed by atoms with Crippen LogP contribution in [0.4, 0.5) is 0 Å². The van der Waals surface area contributed by atoms with Gasteiger partial charge in [0, 0.05) is 17.5 Å². The summed E-state index contributed by atoms with van der Waals surface area (Å²) in [5.74, 6) is 2.27. The van der Waals surface area contributed by atoms with Gasteiger partial charge in [-0.2, -0.15) is 5.10 Å². The summed E-state index contributed by atoms with van der Waals surface area (Å²) in [5.41, 5.74) is 4.18. The molecule has 0 amide bonds. The third-order valence-electron chi connectivity index (χ3n) is 4.65. The van der Waals surface area contributed by atoms with Gasteiger partial charge < -0.3 is 14.2 Å². The first-order chi connectivity index (χ1) is 13.3. The van der Waals surface area contributed by atoms with Crippen LogP contribution in [0.1, 0.15) is 21.6 Å². The number of hydrogen-bond donors (Lipinski definition) is 1. The van der Waals surface area contributed by atoms with Gasteiger partial charge >= 0.3 is 0 Å². The number of ketones is 1. The molecular formula is C21H16N2O4. The minimum absolute atomic E-state index is 0.0519. The largest absolute Gasteiger partial charge is 0.493 e. The van der Waals surface area contributed by atoms with Gasteiger partial charge in [0.1, 0.15) is 5.75 Å². The lowest BCUT2D eigenvalue weighted by molar-refractivity contribution is 0.104. The van der Waals surface area contributed by atoms with Gasteiger partial charge in [-0.05, 0) is 60.2 Å². The summed E-state index contributed by atoms with van der Waals surface area (Å²) in [6.45, 7) is 0.921. The summed E-state index contributed by atoms with van der Waals surface area (Å²) in [6.07, 6.45) is 4.13. The molecule has 0 atom stereocenters. The van der Waals surface area contributed by atoms with Gasteiger partial charge in [0.15, 0.2) is 17.3 Å². The predicted octanol–water partition coefficient (Wildman–Crippen LogP) is 3.64. The van der Waals surface area contributed by atoms with E-state index in [4.69, 9.17) is 14.2 Å². The Morgan fingerprint density at radius 2 is 1.89 bits per heavy atom. The molecule has 0 radical (unpaired) electrons. The minimum atomic E-state index is -0.0519. The molecule has 0 spiro atoms. The molecule has 1 N–H and O–H groups in total. The average Bonchev–Trinajstić information content (AvgIpc) is 3.44. The van der Waals surface area contributed by atoms with E-state index in [2.05, 4.69) is 10.2 Å². The Bertz CT molecular complexity index is 1070. The summed E-state index contributed by atoms with van der Waals surface area (Å²) in [4.78, 5) is 12.4. The van der Waals surface area contributed by atoms with Crippen molar-refractivity contribution in [3.63, 3.8) is 0 Å². The maximum atomic E-state index is 12.4. The van der Waals surface area contributed by atoms with Gasteiger partial charge in [-0.15, -0.1) is 0 Å². The highest BCUT2D eigenvalue weighted by Crippen LogP contribution is 2.35. The van der Waals surface area contributed by atoms with E-state index >= 15 is 0 Å². The highest BCUT2D eigenvalue weighted by molar-refractivity contribution is 6.07. The number of aromatic nitrogens is 2. The molecule has 27 heavy (non-hydrogen) atoms. The van der Waals surface area contributed by atoms with Crippen LogP contribution in [0.25, 0.3) is 17.3 Å². The molecule has 5 rings (SSSR count). The number of rotatable bonds is 4. The van der Waals surface area contributed by atoms with Crippen LogP contribution < -0.4 is 14.2 Å². The van der Waals surface area contributed by atoms with Gasteiger partial charge in [-0.1, -0.05) is 0 Å². The fraction of sp³-hybridized carbons (Fsp3) is 0.143. The number of nitrogens with zero attached hydrogens (tertiary/aromatic N) is 1. The molecule has 2 aliphatic rings. The smallest absolute Gasteiger partial charge is 0.231 e. The number of allylic oxidation sites excluding steroid dienone is 1. The Kier molecular flexibility index (Phi) is 3.67. The van der Waals surface area contributed by atoms with Crippen LogP contribution in [-0.4, -0.2) is 29.4 Å². The molecule has 0 fully saturated rings. The Balaban J connectivity index is 1.33. The SMILES string of the molecule is O=C(/C=C/c1cc(-c2ccc3c(c2)OCO3)n[nH]1)c1ccc2c(c1)CCO2. The molecule has 0 aliphatic carbocycles. The van der Waals surface area contributed by atoms with Crippen LogP contribution in [0, 0.1) is 0 Å². The standard InChI is InChI=1S/C21H16N2O4/c24-18(14-2-5-19-15(9-14)7-8-25-19)4-3-16-11-17(23-22-16)13-1-6-20-21(10-13)27-12-26-20/h1-6,9-11H,7-8,12H2,(H,22,23)/b4-3+. The van der Waals surface area contributed by atoms with Gasteiger partial charge in [0.05, 0.1) is 18.0 Å². The van der Waals surface area contributed by atoms with Crippen molar-refractivity contribution < 1.29 is 19.0 Å². The molecule has 0 saturated heterocycles. The van der Waals surface area contributed by atoms with Crippen LogP contribution in [-0.2, 0) is 6.42 Å². The summed E-state index contributed by atoms with van der Waals surface area (Å²) < 4.78 is 16.2. The van der Waals surface area contributed by atoms with Crippen molar-refractivity contribution in [2.24, 2.45) is 0 Å². The summed E-state index contributed by atoms with van der Waals surface area (Å²) in [5, 5.41) is 7.25. The van der Waals surface area contributed by atoms with E-state index < -0.39 is 0 Å². The van der Waals surface area contributed by atoms with E-state index in [0.717, 1.165) is 40.4 Å². The quantitative estimate of drug-likeness (QED) is 0.568. The molecule has 3 heterocycles. The number of benzene rings is 2. The number of ether oxygens (including phenoxy) is 3. The van der Waals surface area contributed by atoms with Crippen LogP contribution in [0.2, 0.25) is 0 Å². The van der Waals surface area contributed by atoms with Gasteiger partial charge in [-0.25, -0.2) is 0 Å². The monoisotopic (exact) mass is 360 g/mol. The molecule has 6 nitrogen and oxygen atoms in total. The lowest BCUT2D eigenvalue weighted by atomic mass is 10.0. The third-order valence-corrected chi connectivity index (χ3v) is 4.65. The fourth-order valence-electron chi connectivity index (χ4n) is 3.23. The van der Waals surface area contributed by atoms with Crippen molar-refractivity contribution in [2.75, 3.05) is 13.4 Å². The zero-order valence-corrected chi connectivity index (χ0v) is 14.4. The Morgan fingerprint density at radius 3 is 2.85 bits per heavy atom. The summed E-state index contributed by atoms with van der Waals surface area (Å²) in [7, 11) is 0. The van der Waals surface area contributed by atoms with Crippen molar-refractivity contribution in [2.45, 2.75) is 6.42 Å². The summed E-state index contributed by atoms with van der Waals surface area (Å²) in [6, 6.07) is 13.1. The molecule has 2 aliphatic heterocycles. The van der Waals surface area contributed by atoms with Crippen molar-refractivity contribution in [1.82, 2.24) is 10.2 Å². The maximum absolute atomic E-state index is 12.4. The second-order valence-corrected chi connectivity index (χ2v) is 6.40. The molecule has 0 unspecified atom stereocenters. The molecule has 1 aromatic heterocycles. The molecular weight excluding hydrogens is 344 g/mol. The number of hydrogen-bond acceptors (Lipinski definition) is 5.